The molecule has 2 aromatic rings. The van der Waals surface area contributed by atoms with Crippen molar-refractivity contribution >= 4 is 23.8 Å². The molecule has 1 aliphatic rings. The SMILES string of the molecule is CC1CN(C(=O)COc2ncc(Cl)cc2C=O)C(C)CN1Cc1ccc(F)cc1. The van der Waals surface area contributed by atoms with Crippen molar-refractivity contribution in [3.63, 3.8) is 0 Å². The summed E-state index contributed by atoms with van der Waals surface area (Å²) in [6.07, 6.45) is 1.96. The molecule has 0 aliphatic carbocycles. The summed E-state index contributed by atoms with van der Waals surface area (Å²) >= 11 is 5.82. The van der Waals surface area contributed by atoms with Gasteiger partial charge in [-0.15, -0.1) is 0 Å². The summed E-state index contributed by atoms with van der Waals surface area (Å²) in [7, 11) is 0. The Hall–Kier alpha value is -2.51. The van der Waals surface area contributed by atoms with Crippen molar-refractivity contribution in [3.8, 4) is 5.88 Å². The fourth-order valence-electron chi connectivity index (χ4n) is 3.45. The van der Waals surface area contributed by atoms with Gasteiger partial charge in [-0.2, -0.15) is 0 Å². The Kier molecular flexibility index (Phi) is 6.82. The summed E-state index contributed by atoms with van der Waals surface area (Å²) in [5.74, 6) is -0.328. The quantitative estimate of drug-likeness (QED) is 0.673. The average Bonchev–Trinajstić information content (AvgIpc) is 2.70. The van der Waals surface area contributed by atoms with Crippen LogP contribution >= 0.6 is 11.6 Å². The number of halogens is 2. The van der Waals surface area contributed by atoms with Crippen molar-refractivity contribution < 1.29 is 18.7 Å². The predicted molar refractivity (Wildman–Crippen MR) is 108 cm³/mol. The first-order chi connectivity index (χ1) is 13.9. The Bertz CT molecular complexity index is 878. The lowest BCUT2D eigenvalue weighted by Crippen LogP contribution is -2.58. The highest BCUT2D eigenvalue weighted by molar-refractivity contribution is 6.30. The van der Waals surface area contributed by atoms with Crippen molar-refractivity contribution in [1.82, 2.24) is 14.8 Å². The molecule has 0 N–H and O–H groups in total. The predicted octanol–water partition coefficient (Wildman–Crippen LogP) is 3.19. The molecule has 1 fully saturated rings. The van der Waals surface area contributed by atoms with Crippen LogP contribution in [0.1, 0.15) is 29.8 Å². The van der Waals surface area contributed by atoms with Crippen molar-refractivity contribution in [2.45, 2.75) is 32.5 Å². The minimum atomic E-state index is -0.251. The minimum Gasteiger partial charge on any atom is -0.467 e. The summed E-state index contributed by atoms with van der Waals surface area (Å²) in [6, 6.07) is 8.05. The fraction of sp³-hybridized carbons (Fsp3) is 0.381. The standard InChI is InChI=1S/C21H23ClFN3O3/c1-14-10-26(15(2)9-25(14)11-16-3-5-19(23)6-4-16)20(28)13-29-21-17(12-27)7-18(22)8-24-21/h3-8,12,14-15H,9-11,13H2,1-2H3. The summed E-state index contributed by atoms with van der Waals surface area (Å²) in [5, 5.41) is 0.325. The topological polar surface area (TPSA) is 62.7 Å². The van der Waals surface area contributed by atoms with Crippen LogP contribution in [0.2, 0.25) is 5.02 Å². The monoisotopic (exact) mass is 419 g/mol. The van der Waals surface area contributed by atoms with E-state index in [1.54, 1.807) is 17.0 Å². The molecular formula is C21H23ClFN3O3. The molecule has 2 atom stereocenters. The van der Waals surface area contributed by atoms with Crippen LogP contribution in [0.4, 0.5) is 4.39 Å². The van der Waals surface area contributed by atoms with E-state index in [1.165, 1.54) is 24.4 Å². The molecule has 2 unspecified atom stereocenters. The molecule has 154 valence electrons. The number of aldehydes is 1. The van der Waals surface area contributed by atoms with E-state index in [1.807, 2.05) is 6.92 Å². The van der Waals surface area contributed by atoms with Gasteiger partial charge < -0.3 is 9.64 Å². The van der Waals surface area contributed by atoms with Gasteiger partial charge in [0, 0.05) is 37.9 Å². The molecule has 2 heterocycles. The zero-order chi connectivity index (χ0) is 21.0. The first-order valence-electron chi connectivity index (χ1n) is 9.39. The van der Waals surface area contributed by atoms with E-state index < -0.39 is 0 Å². The van der Waals surface area contributed by atoms with Crippen LogP contribution in [0.25, 0.3) is 0 Å². The number of hydrogen-bond donors (Lipinski definition) is 0. The Morgan fingerprint density at radius 2 is 2.00 bits per heavy atom. The first-order valence-corrected chi connectivity index (χ1v) is 9.76. The van der Waals surface area contributed by atoms with E-state index in [4.69, 9.17) is 16.3 Å². The normalized spacial score (nSPS) is 19.8. The van der Waals surface area contributed by atoms with Gasteiger partial charge in [0.25, 0.3) is 5.91 Å². The number of aromatic nitrogens is 1. The van der Waals surface area contributed by atoms with Crippen LogP contribution < -0.4 is 4.74 Å². The fourth-order valence-corrected chi connectivity index (χ4v) is 3.62. The maximum atomic E-state index is 13.1. The van der Waals surface area contributed by atoms with Gasteiger partial charge in [-0.1, -0.05) is 23.7 Å². The average molecular weight is 420 g/mol. The van der Waals surface area contributed by atoms with Crippen LogP contribution in [-0.2, 0) is 11.3 Å². The van der Waals surface area contributed by atoms with E-state index in [9.17, 15) is 14.0 Å². The summed E-state index contributed by atoms with van der Waals surface area (Å²) in [6.45, 7) is 5.79. The summed E-state index contributed by atoms with van der Waals surface area (Å²) in [5.41, 5.74) is 1.24. The number of piperazine rings is 1. The lowest BCUT2D eigenvalue weighted by molar-refractivity contribution is -0.139. The second-order valence-electron chi connectivity index (χ2n) is 7.25. The van der Waals surface area contributed by atoms with Crippen molar-refractivity contribution in [2.24, 2.45) is 0 Å². The zero-order valence-corrected chi connectivity index (χ0v) is 17.1. The molecule has 6 nitrogen and oxygen atoms in total. The molecule has 1 saturated heterocycles. The molecule has 1 aromatic carbocycles. The van der Waals surface area contributed by atoms with E-state index >= 15 is 0 Å². The number of rotatable bonds is 6. The molecule has 0 bridgehead atoms. The molecule has 0 saturated carbocycles. The maximum Gasteiger partial charge on any atom is 0.260 e. The number of benzene rings is 1. The van der Waals surface area contributed by atoms with Crippen LogP contribution in [0, 0.1) is 5.82 Å². The highest BCUT2D eigenvalue weighted by Gasteiger charge is 2.32. The number of ether oxygens (including phenoxy) is 1. The molecule has 1 amide bonds. The van der Waals surface area contributed by atoms with Crippen LogP contribution in [0.5, 0.6) is 5.88 Å². The second-order valence-corrected chi connectivity index (χ2v) is 7.69. The van der Waals surface area contributed by atoms with Crippen LogP contribution in [0.15, 0.2) is 36.5 Å². The number of hydrogen-bond acceptors (Lipinski definition) is 5. The minimum absolute atomic E-state index is 0.00790. The third kappa shape index (κ3) is 5.31. The summed E-state index contributed by atoms with van der Waals surface area (Å²) < 4.78 is 18.6. The lowest BCUT2D eigenvalue weighted by atomic mass is 10.1. The first kappa shape index (κ1) is 21.2. The zero-order valence-electron chi connectivity index (χ0n) is 16.3. The molecule has 1 aliphatic heterocycles. The van der Waals surface area contributed by atoms with Gasteiger partial charge in [0.05, 0.1) is 10.6 Å². The Morgan fingerprint density at radius 3 is 2.69 bits per heavy atom. The van der Waals surface area contributed by atoms with E-state index in [2.05, 4.69) is 16.8 Å². The van der Waals surface area contributed by atoms with Crippen LogP contribution in [-0.4, -0.2) is 58.8 Å². The molecule has 0 radical (unpaired) electrons. The maximum absolute atomic E-state index is 13.1. The lowest BCUT2D eigenvalue weighted by Gasteiger charge is -2.44. The smallest absolute Gasteiger partial charge is 0.260 e. The van der Waals surface area contributed by atoms with Crippen molar-refractivity contribution in [1.29, 1.82) is 0 Å². The largest absolute Gasteiger partial charge is 0.467 e. The molecule has 3 rings (SSSR count). The van der Waals surface area contributed by atoms with Crippen molar-refractivity contribution in [2.75, 3.05) is 19.7 Å². The molecule has 29 heavy (non-hydrogen) atoms. The van der Waals surface area contributed by atoms with Crippen LogP contribution in [0.3, 0.4) is 0 Å². The highest BCUT2D eigenvalue weighted by atomic mass is 35.5. The Balaban J connectivity index is 1.58. The summed E-state index contributed by atoms with van der Waals surface area (Å²) in [4.78, 5) is 31.8. The van der Waals surface area contributed by atoms with E-state index in [0.717, 1.165) is 5.56 Å². The number of nitrogens with zero attached hydrogens (tertiary/aromatic N) is 3. The van der Waals surface area contributed by atoms with Gasteiger partial charge in [0.15, 0.2) is 12.9 Å². The third-order valence-electron chi connectivity index (χ3n) is 5.04. The number of carbonyl (C=O) groups is 2. The van der Waals surface area contributed by atoms with Gasteiger partial charge in [-0.3, -0.25) is 14.5 Å². The molecule has 1 aromatic heterocycles. The molecular weight excluding hydrogens is 397 g/mol. The molecule has 8 heteroatoms. The van der Waals surface area contributed by atoms with Gasteiger partial charge in [0.1, 0.15) is 5.82 Å². The van der Waals surface area contributed by atoms with Gasteiger partial charge >= 0.3 is 0 Å². The highest BCUT2D eigenvalue weighted by Crippen LogP contribution is 2.20. The number of pyridine rings is 1. The Morgan fingerprint density at radius 1 is 1.28 bits per heavy atom. The van der Waals surface area contributed by atoms with Crippen molar-refractivity contribution in [3.05, 3.63) is 58.5 Å². The van der Waals surface area contributed by atoms with Gasteiger partial charge in [-0.25, -0.2) is 9.37 Å². The van der Waals surface area contributed by atoms with E-state index in [-0.39, 0.29) is 41.9 Å². The Labute approximate surface area is 174 Å². The van der Waals surface area contributed by atoms with E-state index in [0.29, 0.717) is 30.9 Å². The second kappa shape index (κ2) is 9.33. The van der Waals surface area contributed by atoms with Gasteiger partial charge in [-0.05, 0) is 37.6 Å². The molecule has 0 spiro atoms. The third-order valence-corrected chi connectivity index (χ3v) is 5.25. The van der Waals surface area contributed by atoms with Gasteiger partial charge in [0.2, 0.25) is 5.88 Å². The number of amides is 1. The number of carbonyl (C=O) groups excluding carboxylic acids is 2.